The van der Waals surface area contributed by atoms with Gasteiger partial charge in [-0.15, -0.1) is 0 Å². The summed E-state index contributed by atoms with van der Waals surface area (Å²) in [5.41, 5.74) is 1.18. The second-order valence-electron chi connectivity index (χ2n) is 4.97. The highest BCUT2D eigenvalue weighted by atomic mass is 79.9. The molecule has 0 saturated heterocycles. The minimum atomic E-state index is -3.96. The number of aromatic nitrogens is 2. The summed E-state index contributed by atoms with van der Waals surface area (Å²) in [7, 11) is -3.96. The van der Waals surface area contributed by atoms with Gasteiger partial charge in [0.25, 0.3) is 10.0 Å². The van der Waals surface area contributed by atoms with Crippen LogP contribution in [-0.4, -0.2) is 18.4 Å². The maximum atomic E-state index is 13.6. The molecule has 2 aromatic carbocycles. The van der Waals surface area contributed by atoms with Gasteiger partial charge < -0.3 is 9.97 Å². The first kappa shape index (κ1) is 15.8. The molecule has 0 unspecified atom stereocenters. The van der Waals surface area contributed by atoms with Gasteiger partial charge in [0, 0.05) is 4.47 Å². The first-order valence-corrected chi connectivity index (χ1v) is 8.74. The Morgan fingerprint density at radius 2 is 1.78 bits per heavy atom. The summed E-state index contributed by atoms with van der Waals surface area (Å²) in [5, 5.41) is 0. The number of hydrogen-bond donors (Lipinski definition) is 3. The Morgan fingerprint density at radius 3 is 2.43 bits per heavy atom. The number of hydrogen-bond acceptors (Lipinski definition) is 3. The maximum absolute atomic E-state index is 13.6. The maximum Gasteiger partial charge on any atom is 0.323 e. The van der Waals surface area contributed by atoms with Crippen LogP contribution in [0, 0.1) is 12.7 Å². The van der Waals surface area contributed by atoms with Gasteiger partial charge in [-0.1, -0.05) is 6.07 Å². The standard InChI is InChI=1S/C14H11BrFN3O3S/c1-7-2-3-8(4-10(7)16)23(21,22)19-11-6-13-12(5-9(11)15)17-14(20)18-13/h2-6,19H,1H3,(H2,17,18,20). The quantitative estimate of drug-likeness (QED) is 0.631. The molecule has 3 N–H and O–H groups in total. The summed E-state index contributed by atoms with van der Waals surface area (Å²) in [6.07, 6.45) is 0. The van der Waals surface area contributed by atoms with E-state index in [4.69, 9.17) is 0 Å². The number of aryl methyl sites for hydroxylation is 1. The van der Waals surface area contributed by atoms with E-state index in [0.717, 1.165) is 6.07 Å². The van der Waals surface area contributed by atoms with E-state index < -0.39 is 21.5 Å². The summed E-state index contributed by atoms with van der Waals surface area (Å²) >= 11 is 3.24. The van der Waals surface area contributed by atoms with Crippen LogP contribution in [0.3, 0.4) is 0 Å². The third kappa shape index (κ3) is 3.02. The zero-order valence-electron chi connectivity index (χ0n) is 11.8. The van der Waals surface area contributed by atoms with Crippen molar-refractivity contribution in [3.63, 3.8) is 0 Å². The Balaban J connectivity index is 2.04. The van der Waals surface area contributed by atoms with Crippen molar-refractivity contribution in [1.82, 2.24) is 9.97 Å². The van der Waals surface area contributed by atoms with Crippen molar-refractivity contribution < 1.29 is 12.8 Å². The minimum absolute atomic E-state index is 0.185. The third-order valence-electron chi connectivity index (χ3n) is 3.30. The van der Waals surface area contributed by atoms with Crippen LogP contribution < -0.4 is 10.4 Å². The molecule has 0 radical (unpaired) electrons. The molecule has 1 aromatic heterocycles. The molecular weight excluding hydrogens is 389 g/mol. The fourth-order valence-corrected chi connectivity index (χ4v) is 3.73. The molecule has 1 heterocycles. The Labute approximate surface area is 138 Å². The van der Waals surface area contributed by atoms with E-state index in [1.54, 1.807) is 13.0 Å². The van der Waals surface area contributed by atoms with E-state index >= 15 is 0 Å². The zero-order chi connectivity index (χ0) is 16.8. The van der Waals surface area contributed by atoms with Gasteiger partial charge in [0.1, 0.15) is 5.82 Å². The average Bonchev–Trinajstić information content (AvgIpc) is 2.81. The summed E-state index contributed by atoms with van der Waals surface area (Å²) in [6, 6.07) is 6.72. The van der Waals surface area contributed by atoms with E-state index in [9.17, 15) is 17.6 Å². The molecule has 0 aliphatic carbocycles. The van der Waals surface area contributed by atoms with Crippen molar-refractivity contribution in [1.29, 1.82) is 0 Å². The molecule has 0 fully saturated rings. The highest BCUT2D eigenvalue weighted by molar-refractivity contribution is 9.10. The molecule has 0 amide bonds. The van der Waals surface area contributed by atoms with Gasteiger partial charge >= 0.3 is 5.69 Å². The number of anilines is 1. The topological polar surface area (TPSA) is 94.8 Å². The third-order valence-corrected chi connectivity index (χ3v) is 5.32. The van der Waals surface area contributed by atoms with Crippen molar-refractivity contribution in [2.75, 3.05) is 4.72 Å². The molecule has 0 aliphatic rings. The van der Waals surface area contributed by atoms with E-state index in [2.05, 4.69) is 30.6 Å². The van der Waals surface area contributed by atoms with Gasteiger partial charge in [0.2, 0.25) is 0 Å². The van der Waals surface area contributed by atoms with Gasteiger partial charge in [-0.2, -0.15) is 0 Å². The molecule has 6 nitrogen and oxygen atoms in total. The van der Waals surface area contributed by atoms with Crippen molar-refractivity contribution in [3.8, 4) is 0 Å². The Morgan fingerprint density at radius 1 is 1.13 bits per heavy atom. The lowest BCUT2D eigenvalue weighted by molar-refractivity contribution is 0.593. The molecule has 120 valence electrons. The summed E-state index contributed by atoms with van der Waals surface area (Å²) in [6.45, 7) is 1.55. The lowest BCUT2D eigenvalue weighted by Gasteiger charge is -2.10. The van der Waals surface area contributed by atoms with Crippen molar-refractivity contribution in [2.45, 2.75) is 11.8 Å². The molecule has 3 rings (SSSR count). The fourth-order valence-electron chi connectivity index (χ4n) is 2.08. The van der Waals surface area contributed by atoms with Crippen LogP contribution in [0.4, 0.5) is 10.1 Å². The number of aromatic amines is 2. The molecule has 0 atom stereocenters. The zero-order valence-corrected chi connectivity index (χ0v) is 14.2. The van der Waals surface area contributed by atoms with Gasteiger partial charge in [-0.3, -0.25) is 4.72 Å². The van der Waals surface area contributed by atoms with Gasteiger partial charge in [-0.25, -0.2) is 17.6 Å². The molecule has 0 aliphatic heterocycles. The normalized spacial score (nSPS) is 11.8. The number of sulfonamides is 1. The number of fused-ring (bicyclic) bond motifs is 1. The largest absolute Gasteiger partial charge is 0.323 e. The smallest absolute Gasteiger partial charge is 0.306 e. The van der Waals surface area contributed by atoms with Gasteiger partial charge in [0.15, 0.2) is 0 Å². The van der Waals surface area contributed by atoms with Crippen LogP contribution in [0.5, 0.6) is 0 Å². The Kier molecular flexibility index (Phi) is 3.77. The van der Waals surface area contributed by atoms with Gasteiger partial charge in [0.05, 0.1) is 21.6 Å². The number of H-pyrrole nitrogens is 2. The van der Waals surface area contributed by atoms with Crippen molar-refractivity contribution >= 4 is 42.7 Å². The van der Waals surface area contributed by atoms with E-state index in [1.807, 2.05) is 0 Å². The van der Waals surface area contributed by atoms with Crippen molar-refractivity contribution in [3.05, 3.63) is 56.7 Å². The molecule has 9 heteroatoms. The predicted octanol–water partition coefficient (Wildman–Crippen LogP) is 2.87. The van der Waals surface area contributed by atoms with Crippen LogP contribution in [0.2, 0.25) is 0 Å². The lowest BCUT2D eigenvalue weighted by atomic mass is 10.2. The van der Waals surface area contributed by atoms with Crippen LogP contribution in [0.25, 0.3) is 11.0 Å². The second-order valence-corrected chi connectivity index (χ2v) is 7.51. The Hall–Kier alpha value is -2.13. The lowest BCUT2D eigenvalue weighted by Crippen LogP contribution is -2.13. The number of rotatable bonds is 3. The van der Waals surface area contributed by atoms with Crippen molar-refractivity contribution in [2.24, 2.45) is 0 Å². The van der Waals surface area contributed by atoms with E-state index in [0.29, 0.717) is 21.1 Å². The highest BCUT2D eigenvalue weighted by Crippen LogP contribution is 2.28. The highest BCUT2D eigenvalue weighted by Gasteiger charge is 2.18. The number of nitrogens with one attached hydrogen (secondary N) is 3. The summed E-state index contributed by atoms with van der Waals surface area (Å²) in [5.74, 6) is -0.600. The SMILES string of the molecule is Cc1ccc(S(=O)(=O)Nc2cc3[nH]c(=O)[nH]c3cc2Br)cc1F. The molecule has 0 saturated carbocycles. The average molecular weight is 400 g/mol. The van der Waals surface area contributed by atoms with E-state index in [1.165, 1.54) is 18.2 Å². The first-order chi connectivity index (χ1) is 10.8. The predicted molar refractivity (Wildman–Crippen MR) is 88.6 cm³/mol. The monoisotopic (exact) mass is 399 g/mol. The number of imidazole rings is 1. The minimum Gasteiger partial charge on any atom is -0.306 e. The fraction of sp³-hybridized carbons (Fsp3) is 0.0714. The molecule has 3 aromatic rings. The van der Waals surface area contributed by atoms with Crippen LogP contribution in [0.1, 0.15) is 5.56 Å². The first-order valence-electron chi connectivity index (χ1n) is 6.47. The second kappa shape index (κ2) is 5.50. The molecular formula is C14H11BrFN3O3S. The summed E-state index contributed by atoms with van der Waals surface area (Å²) in [4.78, 5) is 16.2. The number of halogens is 2. The summed E-state index contributed by atoms with van der Waals surface area (Å²) < 4.78 is 41.2. The molecule has 0 bridgehead atoms. The molecule has 23 heavy (non-hydrogen) atoms. The number of benzene rings is 2. The van der Waals surface area contributed by atoms with E-state index in [-0.39, 0.29) is 10.6 Å². The van der Waals surface area contributed by atoms with Crippen LogP contribution >= 0.6 is 15.9 Å². The van der Waals surface area contributed by atoms with Crippen LogP contribution in [-0.2, 0) is 10.0 Å². The van der Waals surface area contributed by atoms with Crippen LogP contribution in [0.15, 0.2) is 44.5 Å². The molecule has 0 spiro atoms. The Bertz CT molecular complexity index is 1070. The van der Waals surface area contributed by atoms with Gasteiger partial charge in [-0.05, 0) is 52.7 Å².